The molecular weight excluding hydrogens is 246 g/mol. The third kappa shape index (κ3) is 4.14. The molecule has 2 aliphatic heterocycles. The fourth-order valence-electron chi connectivity index (χ4n) is 2.78. The molecule has 0 radical (unpaired) electrons. The fourth-order valence-corrected chi connectivity index (χ4v) is 4.10. The summed E-state index contributed by atoms with van der Waals surface area (Å²) in [4.78, 5) is 16.1. The van der Waals surface area contributed by atoms with Crippen LogP contribution in [-0.4, -0.2) is 66.0 Å². The number of carbonyl (C=O) groups is 1. The minimum atomic E-state index is 0.111. The SMILES string of the molecule is NCC(=O)N1CCCC(SCCN2CCCC2)C1. The van der Waals surface area contributed by atoms with Crippen molar-refractivity contribution in [3.63, 3.8) is 0 Å². The second-order valence-corrected chi connectivity index (χ2v) is 6.64. The number of rotatable bonds is 5. The first-order valence-electron chi connectivity index (χ1n) is 7.11. The number of carbonyl (C=O) groups excluding carboxylic acids is 1. The Morgan fingerprint density at radius 2 is 2.00 bits per heavy atom. The quantitative estimate of drug-likeness (QED) is 0.802. The molecule has 0 aromatic heterocycles. The Morgan fingerprint density at radius 1 is 1.22 bits per heavy atom. The molecule has 0 saturated carbocycles. The maximum Gasteiger partial charge on any atom is 0.236 e. The summed E-state index contributed by atoms with van der Waals surface area (Å²) < 4.78 is 0. The summed E-state index contributed by atoms with van der Waals surface area (Å²) in [7, 11) is 0. The summed E-state index contributed by atoms with van der Waals surface area (Å²) in [6.45, 7) is 5.74. The number of nitrogens with two attached hydrogens (primary N) is 1. The van der Waals surface area contributed by atoms with E-state index in [0.717, 1.165) is 19.5 Å². The molecule has 104 valence electrons. The Bertz CT molecular complexity index is 269. The van der Waals surface area contributed by atoms with Crippen molar-refractivity contribution in [2.45, 2.75) is 30.9 Å². The summed E-state index contributed by atoms with van der Waals surface area (Å²) in [5.74, 6) is 1.31. The lowest BCUT2D eigenvalue weighted by molar-refractivity contribution is -0.130. The van der Waals surface area contributed by atoms with Gasteiger partial charge in [-0.15, -0.1) is 0 Å². The van der Waals surface area contributed by atoms with Gasteiger partial charge in [0.25, 0.3) is 0 Å². The van der Waals surface area contributed by atoms with Crippen LogP contribution in [0.25, 0.3) is 0 Å². The van der Waals surface area contributed by atoms with Gasteiger partial charge in [-0.3, -0.25) is 4.79 Å². The lowest BCUT2D eigenvalue weighted by Gasteiger charge is -2.32. The zero-order valence-corrected chi connectivity index (χ0v) is 12.0. The van der Waals surface area contributed by atoms with Crippen LogP contribution in [0.4, 0.5) is 0 Å². The molecule has 5 heteroatoms. The van der Waals surface area contributed by atoms with E-state index in [1.807, 2.05) is 16.7 Å². The van der Waals surface area contributed by atoms with E-state index in [0.29, 0.717) is 5.25 Å². The van der Waals surface area contributed by atoms with Crippen molar-refractivity contribution in [2.75, 3.05) is 45.0 Å². The van der Waals surface area contributed by atoms with Crippen LogP contribution < -0.4 is 5.73 Å². The summed E-state index contributed by atoms with van der Waals surface area (Å²) in [5.41, 5.74) is 5.43. The van der Waals surface area contributed by atoms with E-state index >= 15 is 0 Å². The minimum absolute atomic E-state index is 0.111. The topological polar surface area (TPSA) is 49.6 Å². The van der Waals surface area contributed by atoms with Gasteiger partial charge in [0.15, 0.2) is 0 Å². The molecule has 2 rings (SSSR count). The zero-order valence-electron chi connectivity index (χ0n) is 11.1. The highest BCUT2D eigenvalue weighted by Crippen LogP contribution is 2.23. The van der Waals surface area contributed by atoms with Gasteiger partial charge in [0.1, 0.15) is 0 Å². The molecule has 0 aliphatic carbocycles. The van der Waals surface area contributed by atoms with Gasteiger partial charge in [-0.2, -0.15) is 11.8 Å². The molecule has 1 atom stereocenters. The van der Waals surface area contributed by atoms with E-state index in [1.54, 1.807) is 0 Å². The average molecular weight is 271 g/mol. The molecule has 2 fully saturated rings. The smallest absolute Gasteiger partial charge is 0.236 e. The van der Waals surface area contributed by atoms with Gasteiger partial charge >= 0.3 is 0 Å². The monoisotopic (exact) mass is 271 g/mol. The normalized spacial score (nSPS) is 25.6. The fraction of sp³-hybridized carbons (Fsp3) is 0.923. The Hall–Kier alpha value is -0.260. The van der Waals surface area contributed by atoms with Gasteiger partial charge in [0.2, 0.25) is 5.91 Å². The van der Waals surface area contributed by atoms with Crippen LogP contribution in [0.5, 0.6) is 0 Å². The third-order valence-corrected chi connectivity index (χ3v) is 5.14. The van der Waals surface area contributed by atoms with Gasteiger partial charge in [-0.25, -0.2) is 0 Å². The molecule has 0 aromatic rings. The van der Waals surface area contributed by atoms with E-state index in [2.05, 4.69) is 4.90 Å². The Balaban J connectivity index is 1.64. The maximum absolute atomic E-state index is 11.6. The van der Waals surface area contributed by atoms with Crippen molar-refractivity contribution in [2.24, 2.45) is 5.73 Å². The standard InChI is InChI=1S/C13H25N3OS/c14-10-13(17)16-7-3-4-12(11-16)18-9-8-15-5-1-2-6-15/h12H,1-11,14H2. The highest BCUT2D eigenvalue weighted by atomic mass is 32.2. The van der Waals surface area contributed by atoms with Crippen LogP contribution in [0, 0.1) is 0 Å². The number of hydrogen-bond donors (Lipinski definition) is 1. The molecule has 0 bridgehead atoms. The predicted molar refractivity (Wildman–Crippen MR) is 76.8 cm³/mol. The third-order valence-electron chi connectivity index (χ3n) is 3.87. The summed E-state index contributed by atoms with van der Waals surface area (Å²) in [6, 6.07) is 0. The van der Waals surface area contributed by atoms with Gasteiger partial charge in [0, 0.05) is 30.6 Å². The maximum atomic E-state index is 11.6. The lowest BCUT2D eigenvalue weighted by Crippen LogP contribution is -2.44. The molecule has 2 aliphatic rings. The minimum Gasteiger partial charge on any atom is -0.340 e. The Morgan fingerprint density at radius 3 is 2.72 bits per heavy atom. The van der Waals surface area contributed by atoms with Gasteiger partial charge in [-0.05, 0) is 38.8 Å². The van der Waals surface area contributed by atoms with Crippen molar-refractivity contribution in [1.29, 1.82) is 0 Å². The van der Waals surface area contributed by atoms with E-state index in [1.165, 1.54) is 44.6 Å². The molecule has 0 aromatic carbocycles. The summed E-state index contributed by atoms with van der Waals surface area (Å²) in [5, 5.41) is 0.622. The molecular formula is C13H25N3OS. The van der Waals surface area contributed by atoms with Crippen LogP contribution in [-0.2, 0) is 4.79 Å². The molecule has 2 N–H and O–H groups in total. The first-order chi connectivity index (χ1) is 8.79. The highest BCUT2D eigenvalue weighted by Gasteiger charge is 2.23. The summed E-state index contributed by atoms with van der Waals surface area (Å²) in [6.07, 6.45) is 5.12. The van der Waals surface area contributed by atoms with E-state index in [-0.39, 0.29) is 12.5 Å². The number of piperidine rings is 1. The van der Waals surface area contributed by atoms with Crippen LogP contribution in [0.15, 0.2) is 0 Å². The molecule has 18 heavy (non-hydrogen) atoms. The zero-order chi connectivity index (χ0) is 12.8. The van der Waals surface area contributed by atoms with Crippen molar-refractivity contribution in [3.8, 4) is 0 Å². The Kier molecular flexibility index (Phi) is 5.79. The average Bonchev–Trinajstić information content (AvgIpc) is 2.91. The second kappa shape index (κ2) is 7.36. The van der Waals surface area contributed by atoms with Crippen molar-refractivity contribution >= 4 is 17.7 Å². The molecule has 2 saturated heterocycles. The largest absolute Gasteiger partial charge is 0.340 e. The predicted octanol–water partition coefficient (Wildman–Crippen LogP) is 0.765. The van der Waals surface area contributed by atoms with Crippen LogP contribution >= 0.6 is 11.8 Å². The van der Waals surface area contributed by atoms with E-state index < -0.39 is 0 Å². The molecule has 0 spiro atoms. The van der Waals surface area contributed by atoms with Crippen LogP contribution in [0.2, 0.25) is 0 Å². The number of nitrogens with zero attached hydrogens (tertiary/aromatic N) is 2. The van der Waals surface area contributed by atoms with E-state index in [9.17, 15) is 4.79 Å². The van der Waals surface area contributed by atoms with Gasteiger partial charge in [-0.1, -0.05) is 0 Å². The second-order valence-electron chi connectivity index (χ2n) is 5.23. The Labute approximate surface area is 114 Å². The summed E-state index contributed by atoms with van der Waals surface area (Å²) >= 11 is 2.04. The number of likely N-dealkylation sites (tertiary alicyclic amines) is 2. The van der Waals surface area contributed by atoms with Gasteiger partial charge in [0.05, 0.1) is 6.54 Å². The number of thioether (sulfide) groups is 1. The van der Waals surface area contributed by atoms with Crippen molar-refractivity contribution in [1.82, 2.24) is 9.80 Å². The van der Waals surface area contributed by atoms with Gasteiger partial charge < -0.3 is 15.5 Å². The van der Waals surface area contributed by atoms with E-state index in [4.69, 9.17) is 5.73 Å². The number of hydrogen-bond acceptors (Lipinski definition) is 4. The highest BCUT2D eigenvalue weighted by molar-refractivity contribution is 7.99. The number of amides is 1. The molecule has 1 amide bonds. The molecule has 1 unspecified atom stereocenters. The molecule has 2 heterocycles. The first-order valence-corrected chi connectivity index (χ1v) is 8.16. The van der Waals surface area contributed by atoms with Crippen LogP contribution in [0.3, 0.4) is 0 Å². The van der Waals surface area contributed by atoms with Crippen LogP contribution in [0.1, 0.15) is 25.7 Å². The lowest BCUT2D eigenvalue weighted by atomic mass is 10.1. The molecule has 4 nitrogen and oxygen atoms in total. The first kappa shape index (κ1) is 14.2. The van der Waals surface area contributed by atoms with Crippen molar-refractivity contribution < 1.29 is 4.79 Å². The van der Waals surface area contributed by atoms with Crippen molar-refractivity contribution in [3.05, 3.63) is 0 Å².